The van der Waals surface area contributed by atoms with Crippen LogP contribution in [0.4, 0.5) is 0 Å². The first kappa shape index (κ1) is 16.1. The van der Waals surface area contributed by atoms with Crippen LogP contribution in [-0.4, -0.2) is 4.57 Å². The average molecular weight is 291 g/mol. The van der Waals surface area contributed by atoms with E-state index in [0.29, 0.717) is 0 Å². The molecular weight excluding hydrogens is 266 g/mol. The number of nitrogens with zero attached hydrogens (tertiary/aromatic N) is 1. The van der Waals surface area contributed by atoms with E-state index in [9.17, 15) is 0 Å². The minimum Gasteiger partial charge on any atom is -0.344 e. The van der Waals surface area contributed by atoms with E-state index in [1.807, 2.05) is 27.7 Å². The van der Waals surface area contributed by atoms with Crippen LogP contribution < -0.4 is 0 Å². The highest BCUT2D eigenvalue weighted by Gasteiger charge is 2.08. The number of benzene rings is 3. The van der Waals surface area contributed by atoms with Crippen LogP contribution in [0.2, 0.25) is 0 Å². The maximum atomic E-state index is 2.30. The lowest BCUT2D eigenvalue weighted by Crippen LogP contribution is -1.85. The van der Waals surface area contributed by atoms with Gasteiger partial charge in [0.15, 0.2) is 0 Å². The molecule has 1 heterocycles. The van der Waals surface area contributed by atoms with Gasteiger partial charge < -0.3 is 4.57 Å². The zero-order chi connectivity index (χ0) is 16.1. The molecule has 3 aromatic carbocycles. The second kappa shape index (κ2) is 7.13. The molecule has 0 saturated carbocycles. The fourth-order valence-corrected chi connectivity index (χ4v) is 2.85. The Hall–Kier alpha value is -2.28. The molecule has 0 amide bonds. The predicted molar refractivity (Wildman–Crippen MR) is 101 cm³/mol. The Balaban J connectivity index is 0.000000410. The number of hydrogen-bond acceptors (Lipinski definition) is 0. The van der Waals surface area contributed by atoms with Crippen LogP contribution in [0, 0.1) is 0 Å². The van der Waals surface area contributed by atoms with Gasteiger partial charge in [-0.2, -0.15) is 0 Å². The predicted octanol–water partition coefficient (Wildman–Crippen LogP) is 6.54. The lowest BCUT2D eigenvalue weighted by atomic mass is 10.1. The molecule has 0 aliphatic carbocycles. The van der Waals surface area contributed by atoms with Crippen molar-refractivity contribution in [2.75, 3.05) is 0 Å². The largest absolute Gasteiger partial charge is 0.344 e. The normalized spacial score (nSPS) is 10.0. The minimum absolute atomic E-state index is 1.29. The molecular formula is C21H25N. The van der Waals surface area contributed by atoms with Gasteiger partial charge in [-0.1, -0.05) is 70.2 Å². The zero-order valence-electron chi connectivity index (χ0n) is 14.2. The number of para-hydroxylation sites is 1. The third-order valence-electron chi connectivity index (χ3n) is 3.78. The van der Waals surface area contributed by atoms with Crippen molar-refractivity contribution in [1.29, 1.82) is 0 Å². The van der Waals surface area contributed by atoms with Gasteiger partial charge in [0.1, 0.15) is 0 Å². The van der Waals surface area contributed by atoms with Gasteiger partial charge in [-0.05, 0) is 29.0 Å². The number of rotatable bonds is 0. The monoisotopic (exact) mass is 291 g/mol. The summed E-state index contributed by atoms with van der Waals surface area (Å²) in [4.78, 5) is 0. The standard InChI is InChI=1S/C17H13N.2C2H6/c1-18-16-9-5-4-8-14(16)15-10-12-6-2-3-7-13(12)11-17(15)18;2*1-2/h2-11H,1H3;2*1-2H3. The highest BCUT2D eigenvalue weighted by molar-refractivity contribution is 6.12. The molecule has 0 aliphatic heterocycles. The third-order valence-corrected chi connectivity index (χ3v) is 3.78. The summed E-state index contributed by atoms with van der Waals surface area (Å²) >= 11 is 0. The van der Waals surface area contributed by atoms with Gasteiger partial charge in [0.25, 0.3) is 0 Å². The summed E-state index contributed by atoms with van der Waals surface area (Å²) < 4.78 is 2.27. The first-order chi connectivity index (χ1) is 10.8. The van der Waals surface area contributed by atoms with Crippen LogP contribution in [0.3, 0.4) is 0 Å². The van der Waals surface area contributed by atoms with Gasteiger partial charge in [0.2, 0.25) is 0 Å². The van der Waals surface area contributed by atoms with Gasteiger partial charge >= 0.3 is 0 Å². The number of hydrogen-bond donors (Lipinski definition) is 0. The second-order valence-electron chi connectivity index (χ2n) is 4.79. The average Bonchev–Trinajstić information content (AvgIpc) is 2.89. The topological polar surface area (TPSA) is 4.93 Å². The van der Waals surface area contributed by atoms with Crippen LogP contribution in [0.5, 0.6) is 0 Å². The summed E-state index contributed by atoms with van der Waals surface area (Å²) in [5, 5.41) is 5.28. The van der Waals surface area contributed by atoms with Gasteiger partial charge in [0.05, 0.1) is 0 Å². The summed E-state index contributed by atoms with van der Waals surface area (Å²) in [5.74, 6) is 0. The van der Waals surface area contributed by atoms with E-state index < -0.39 is 0 Å². The molecule has 0 atom stereocenters. The highest BCUT2D eigenvalue weighted by Crippen LogP contribution is 2.31. The van der Waals surface area contributed by atoms with Crippen LogP contribution >= 0.6 is 0 Å². The fourth-order valence-electron chi connectivity index (χ4n) is 2.85. The Kier molecular flexibility index (Phi) is 5.21. The highest BCUT2D eigenvalue weighted by atomic mass is 14.9. The van der Waals surface area contributed by atoms with Crippen LogP contribution in [-0.2, 0) is 7.05 Å². The summed E-state index contributed by atoms with van der Waals surface area (Å²) in [7, 11) is 2.14. The Bertz CT molecular complexity index is 884. The van der Waals surface area contributed by atoms with Crippen molar-refractivity contribution in [2.24, 2.45) is 7.05 Å². The lowest BCUT2D eigenvalue weighted by Gasteiger charge is -2.00. The number of fused-ring (bicyclic) bond motifs is 4. The minimum atomic E-state index is 1.29. The van der Waals surface area contributed by atoms with E-state index in [1.165, 1.54) is 32.6 Å². The first-order valence-corrected chi connectivity index (χ1v) is 8.20. The molecule has 0 spiro atoms. The van der Waals surface area contributed by atoms with Gasteiger partial charge in [0, 0.05) is 28.9 Å². The van der Waals surface area contributed by atoms with Crippen molar-refractivity contribution < 1.29 is 0 Å². The van der Waals surface area contributed by atoms with E-state index >= 15 is 0 Å². The fraction of sp³-hybridized carbons (Fsp3) is 0.238. The molecule has 0 unspecified atom stereocenters. The van der Waals surface area contributed by atoms with Crippen molar-refractivity contribution in [3.05, 3.63) is 60.7 Å². The zero-order valence-corrected chi connectivity index (χ0v) is 14.2. The van der Waals surface area contributed by atoms with Gasteiger partial charge in [-0.25, -0.2) is 0 Å². The molecule has 4 rings (SSSR count). The molecule has 0 fully saturated rings. The van der Waals surface area contributed by atoms with Crippen molar-refractivity contribution in [1.82, 2.24) is 4.57 Å². The Morgan fingerprint density at radius 2 is 1.14 bits per heavy atom. The van der Waals surface area contributed by atoms with E-state index in [1.54, 1.807) is 0 Å². The van der Waals surface area contributed by atoms with E-state index in [-0.39, 0.29) is 0 Å². The number of aromatic nitrogens is 1. The SMILES string of the molecule is CC.CC.Cn1c2ccccc2c2cc3ccccc3cc21. The Morgan fingerprint density at radius 1 is 0.591 bits per heavy atom. The smallest absolute Gasteiger partial charge is 0.0495 e. The molecule has 0 bridgehead atoms. The van der Waals surface area contributed by atoms with Gasteiger partial charge in [-0.3, -0.25) is 0 Å². The molecule has 22 heavy (non-hydrogen) atoms. The summed E-state index contributed by atoms with van der Waals surface area (Å²) in [6, 6.07) is 21.7. The van der Waals surface area contributed by atoms with Crippen molar-refractivity contribution in [3.63, 3.8) is 0 Å². The molecule has 1 nitrogen and oxygen atoms in total. The molecule has 4 aromatic rings. The lowest BCUT2D eigenvalue weighted by molar-refractivity contribution is 1.02. The molecule has 0 saturated heterocycles. The van der Waals surface area contributed by atoms with Gasteiger partial charge in [-0.15, -0.1) is 0 Å². The van der Waals surface area contributed by atoms with Crippen LogP contribution in [0.25, 0.3) is 32.6 Å². The van der Waals surface area contributed by atoms with Crippen molar-refractivity contribution in [3.8, 4) is 0 Å². The summed E-state index contributed by atoms with van der Waals surface area (Å²) in [6.45, 7) is 8.00. The maximum Gasteiger partial charge on any atom is 0.0495 e. The molecule has 1 heteroatoms. The molecule has 1 aromatic heterocycles. The maximum absolute atomic E-state index is 2.30. The van der Waals surface area contributed by atoms with Crippen LogP contribution in [0.1, 0.15) is 27.7 Å². The molecule has 0 N–H and O–H groups in total. The Morgan fingerprint density at radius 3 is 1.82 bits per heavy atom. The molecule has 0 radical (unpaired) electrons. The quantitative estimate of drug-likeness (QED) is 0.347. The van der Waals surface area contributed by atoms with Crippen molar-refractivity contribution in [2.45, 2.75) is 27.7 Å². The van der Waals surface area contributed by atoms with E-state index in [4.69, 9.17) is 0 Å². The van der Waals surface area contributed by atoms with Crippen LogP contribution in [0.15, 0.2) is 60.7 Å². The van der Waals surface area contributed by atoms with Crippen molar-refractivity contribution >= 4 is 32.6 Å². The molecule has 114 valence electrons. The summed E-state index contributed by atoms with van der Waals surface area (Å²) in [6.07, 6.45) is 0. The second-order valence-corrected chi connectivity index (χ2v) is 4.79. The summed E-state index contributed by atoms with van der Waals surface area (Å²) in [5.41, 5.74) is 2.60. The molecule has 0 aliphatic rings. The van der Waals surface area contributed by atoms with E-state index in [2.05, 4.69) is 72.3 Å². The Labute approximate surface area is 133 Å². The first-order valence-electron chi connectivity index (χ1n) is 8.20. The van der Waals surface area contributed by atoms with E-state index in [0.717, 1.165) is 0 Å². The number of aryl methyl sites for hydroxylation is 1. The third kappa shape index (κ3) is 2.59.